The van der Waals surface area contributed by atoms with Gasteiger partial charge in [0.15, 0.2) is 0 Å². The summed E-state index contributed by atoms with van der Waals surface area (Å²) in [7, 11) is 0. The highest BCUT2D eigenvalue weighted by molar-refractivity contribution is 9.09. The fourth-order valence-corrected chi connectivity index (χ4v) is 2.89. The largest absolute Gasteiger partial charge is 0.282 e. The Kier molecular flexibility index (Phi) is 7.88. The SMILES string of the molecule is BrCCCCCCCCC1=NCCS1. The Morgan fingerprint density at radius 2 is 1.79 bits per heavy atom. The number of alkyl halides is 1. The molecule has 82 valence electrons. The van der Waals surface area contributed by atoms with Gasteiger partial charge in [0.1, 0.15) is 0 Å². The topological polar surface area (TPSA) is 12.4 Å². The van der Waals surface area contributed by atoms with Crippen LogP contribution < -0.4 is 0 Å². The van der Waals surface area contributed by atoms with Gasteiger partial charge >= 0.3 is 0 Å². The van der Waals surface area contributed by atoms with Crippen LogP contribution in [0.2, 0.25) is 0 Å². The van der Waals surface area contributed by atoms with Crippen molar-refractivity contribution < 1.29 is 0 Å². The van der Waals surface area contributed by atoms with E-state index >= 15 is 0 Å². The highest BCUT2D eigenvalue weighted by Crippen LogP contribution is 2.17. The van der Waals surface area contributed by atoms with Crippen molar-refractivity contribution in [1.29, 1.82) is 0 Å². The fourth-order valence-electron chi connectivity index (χ4n) is 1.61. The zero-order chi connectivity index (χ0) is 10.1. The average Bonchev–Trinajstić information content (AvgIpc) is 2.69. The van der Waals surface area contributed by atoms with E-state index < -0.39 is 0 Å². The lowest BCUT2D eigenvalue weighted by molar-refractivity contribution is 0.619. The van der Waals surface area contributed by atoms with Gasteiger partial charge in [0, 0.05) is 17.6 Å². The second kappa shape index (κ2) is 8.78. The monoisotopic (exact) mass is 277 g/mol. The Morgan fingerprint density at radius 1 is 1.07 bits per heavy atom. The molecule has 0 aromatic rings. The summed E-state index contributed by atoms with van der Waals surface area (Å²) < 4.78 is 0. The van der Waals surface area contributed by atoms with E-state index in [1.807, 2.05) is 11.8 Å². The summed E-state index contributed by atoms with van der Waals surface area (Å²) in [5.41, 5.74) is 0. The second-order valence-corrected chi connectivity index (χ2v) is 5.65. The van der Waals surface area contributed by atoms with Crippen molar-refractivity contribution in [2.75, 3.05) is 17.6 Å². The third-order valence-corrected chi connectivity index (χ3v) is 4.04. The number of rotatable bonds is 8. The molecule has 0 fully saturated rings. The third kappa shape index (κ3) is 6.07. The van der Waals surface area contributed by atoms with Crippen LogP contribution in [0.15, 0.2) is 4.99 Å². The number of hydrogen-bond donors (Lipinski definition) is 0. The van der Waals surface area contributed by atoms with Crippen LogP contribution in [0.25, 0.3) is 0 Å². The minimum Gasteiger partial charge on any atom is -0.282 e. The first kappa shape index (κ1) is 12.6. The van der Waals surface area contributed by atoms with Gasteiger partial charge in [0.25, 0.3) is 0 Å². The first-order valence-corrected chi connectivity index (χ1v) is 7.76. The summed E-state index contributed by atoms with van der Waals surface area (Å²) in [6.07, 6.45) is 9.52. The predicted octanol–water partition coefficient (Wildman–Crippen LogP) is 4.26. The molecule has 0 bridgehead atoms. The molecule has 0 aromatic carbocycles. The molecule has 0 aliphatic carbocycles. The zero-order valence-corrected chi connectivity index (χ0v) is 11.2. The molecular weight excluding hydrogens is 258 g/mol. The van der Waals surface area contributed by atoms with Crippen LogP contribution in [0.4, 0.5) is 0 Å². The van der Waals surface area contributed by atoms with Gasteiger partial charge in [0.2, 0.25) is 0 Å². The lowest BCUT2D eigenvalue weighted by atomic mass is 10.1. The Balaban J connectivity index is 1.80. The number of unbranched alkanes of at least 4 members (excludes halogenated alkanes) is 5. The van der Waals surface area contributed by atoms with Crippen molar-refractivity contribution in [3.63, 3.8) is 0 Å². The van der Waals surface area contributed by atoms with Gasteiger partial charge in [-0.05, 0) is 19.3 Å². The molecule has 0 unspecified atom stereocenters. The Hall–Kier alpha value is 0.500. The lowest BCUT2D eigenvalue weighted by Gasteiger charge is -2.00. The standard InChI is InChI=1S/C11H20BrNS/c12-8-6-4-2-1-3-5-7-11-13-9-10-14-11/h1-10H2. The van der Waals surface area contributed by atoms with Gasteiger partial charge in [-0.1, -0.05) is 41.6 Å². The summed E-state index contributed by atoms with van der Waals surface area (Å²) in [6, 6.07) is 0. The predicted molar refractivity (Wildman–Crippen MR) is 70.9 cm³/mol. The van der Waals surface area contributed by atoms with Crippen molar-refractivity contribution in [1.82, 2.24) is 0 Å². The van der Waals surface area contributed by atoms with Crippen LogP contribution >= 0.6 is 27.7 Å². The molecule has 0 saturated heterocycles. The Labute approximate surface area is 100 Å². The van der Waals surface area contributed by atoms with E-state index in [0.717, 1.165) is 6.54 Å². The Bertz CT molecular complexity index is 171. The molecule has 1 rings (SSSR count). The van der Waals surface area contributed by atoms with E-state index in [9.17, 15) is 0 Å². The average molecular weight is 278 g/mol. The van der Waals surface area contributed by atoms with Crippen LogP contribution in [-0.4, -0.2) is 22.7 Å². The van der Waals surface area contributed by atoms with E-state index in [0.29, 0.717) is 0 Å². The molecule has 0 aromatic heterocycles. The minimum atomic E-state index is 1.06. The number of thioether (sulfide) groups is 1. The van der Waals surface area contributed by atoms with Crippen LogP contribution in [0.3, 0.4) is 0 Å². The normalized spacial score (nSPS) is 15.9. The summed E-state index contributed by atoms with van der Waals surface area (Å²) >= 11 is 5.42. The van der Waals surface area contributed by atoms with Crippen molar-refractivity contribution in [3.05, 3.63) is 0 Å². The van der Waals surface area contributed by atoms with E-state index in [-0.39, 0.29) is 0 Å². The number of aliphatic imine (C=N–C) groups is 1. The molecule has 0 atom stereocenters. The minimum absolute atomic E-state index is 1.06. The van der Waals surface area contributed by atoms with Crippen LogP contribution in [-0.2, 0) is 0 Å². The molecule has 14 heavy (non-hydrogen) atoms. The molecule has 0 N–H and O–H groups in total. The van der Waals surface area contributed by atoms with E-state index in [4.69, 9.17) is 0 Å². The number of nitrogens with zero attached hydrogens (tertiary/aromatic N) is 1. The highest BCUT2D eigenvalue weighted by atomic mass is 79.9. The number of halogens is 1. The number of hydrogen-bond acceptors (Lipinski definition) is 2. The molecule has 1 nitrogen and oxygen atoms in total. The maximum absolute atomic E-state index is 4.46. The highest BCUT2D eigenvalue weighted by Gasteiger charge is 2.05. The molecule has 1 aliphatic heterocycles. The molecule has 0 amide bonds. The molecule has 3 heteroatoms. The molecule has 0 radical (unpaired) electrons. The van der Waals surface area contributed by atoms with Gasteiger partial charge in [-0.2, -0.15) is 0 Å². The maximum Gasteiger partial charge on any atom is 0.0676 e. The summed E-state index contributed by atoms with van der Waals surface area (Å²) in [5, 5.41) is 2.57. The molecule has 0 spiro atoms. The quantitative estimate of drug-likeness (QED) is 0.477. The van der Waals surface area contributed by atoms with Crippen molar-refractivity contribution in [3.8, 4) is 0 Å². The smallest absolute Gasteiger partial charge is 0.0676 e. The molecular formula is C11H20BrNS. The van der Waals surface area contributed by atoms with Crippen molar-refractivity contribution in [2.24, 2.45) is 4.99 Å². The first-order chi connectivity index (χ1) is 6.93. The second-order valence-electron chi connectivity index (χ2n) is 3.68. The lowest BCUT2D eigenvalue weighted by Crippen LogP contribution is -1.88. The van der Waals surface area contributed by atoms with Crippen LogP contribution in [0.5, 0.6) is 0 Å². The summed E-state index contributed by atoms with van der Waals surface area (Å²) in [5.74, 6) is 1.22. The van der Waals surface area contributed by atoms with Gasteiger partial charge in [-0.3, -0.25) is 4.99 Å². The summed E-state index contributed by atoms with van der Waals surface area (Å²) in [6.45, 7) is 1.06. The first-order valence-electron chi connectivity index (χ1n) is 5.65. The van der Waals surface area contributed by atoms with Crippen LogP contribution in [0, 0.1) is 0 Å². The summed E-state index contributed by atoms with van der Waals surface area (Å²) in [4.78, 5) is 4.46. The van der Waals surface area contributed by atoms with Crippen molar-refractivity contribution >= 4 is 32.7 Å². The maximum atomic E-state index is 4.46. The molecule has 0 saturated carbocycles. The van der Waals surface area contributed by atoms with E-state index in [2.05, 4.69) is 20.9 Å². The van der Waals surface area contributed by atoms with Gasteiger partial charge in [0.05, 0.1) is 5.04 Å². The van der Waals surface area contributed by atoms with Gasteiger partial charge in [-0.25, -0.2) is 0 Å². The molecule has 1 heterocycles. The Morgan fingerprint density at radius 3 is 2.43 bits per heavy atom. The molecule has 1 aliphatic rings. The van der Waals surface area contributed by atoms with Gasteiger partial charge in [-0.15, -0.1) is 11.8 Å². The van der Waals surface area contributed by atoms with E-state index in [1.54, 1.807) is 0 Å². The van der Waals surface area contributed by atoms with Crippen LogP contribution in [0.1, 0.15) is 44.9 Å². The fraction of sp³-hybridized carbons (Fsp3) is 0.909. The van der Waals surface area contributed by atoms with Gasteiger partial charge < -0.3 is 0 Å². The third-order valence-electron chi connectivity index (χ3n) is 2.42. The van der Waals surface area contributed by atoms with E-state index in [1.165, 1.54) is 61.1 Å². The van der Waals surface area contributed by atoms with Crippen molar-refractivity contribution in [2.45, 2.75) is 44.9 Å². The zero-order valence-electron chi connectivity index (χ0n) is 8.80.